The Bertz CT molecular complexity index is 1060. The first-order chi connectivity index (χ1) is 17.0. The molecule has 2 nitrogen and oxygen atoms in total. The molecule has 0 radical (unpaired) electrons. The largest absolute Gasteiger partial charge is 0.501 e. The maximum absolute atomic E-state index is 5.39. The van der Waals surface area contributed by atoms with Crippen LogP contribution in [-0.4, -0.2) is 14.2 Å². The van der Waals surface area contributed by atoms with Crippen molar-refractivity contribution in [3.63, 3.8) is 0 Å². The Hall–Kier alpha value is -3.52. The Balaban J connectivity index is 0.00000145. The van der Waals surface area contributed by atoms with Gasteiger partial charge in [0.15, 0.2) is 0 Å². The van der Waals surface area contributed by atoms with E-state index >= 15 is 0 Å². The van der Waals surface area contributed by atoms with E-state index in [4.69, 9.17) is 9.47 Å². The molecule has 186 valence electrons. The summed E-state index contributed by atoms with van der Waals surface area (Å²) in [6, 6.07) is 17.2. The number of hydrogen-bond acceptors (Lipinski definition) is 2. The number of hydrogen-bond donors (Lipinski definition) is 0. The summed E-state index contributed by atoms with van der Waals surface area (Å²) in [7, 11) is 3.31. The number of fused-ring (bicyclic) bond motifs is 3. The first-order valence-corrected chi connectivity index (χ1v) is 12.4. The van der Waals surface area contributed by atoms with Gasteiger partial charge in [-0.05, 0) is 59.4 Å². The molecule has 1 aliphatic carbocycles. The second-order valence-corrected chi connectivity index (χ2v) is 7.40. The van der Waals surface area contributed by atoms with Crippen molar-refractivity contribution in [3.8, 4) is 11.1 Å². The molecule has 2 aromatic carbocycles. The molecule has 0 unspecified atom stereocenters. The Morgan fingerprint density at radius 3 is 1.71 bits per heavy atom. The van der Waals surface area contributed by atoms with E-state index in [-0.39, 0.29) is 0 Å². The van der Waals surface area contributed by atoms with Crippen LogP contribution < -0.4 is 0 Å². The van der Waals surface area contributed by atoms with E-state index in [9.17, 15) is 0 Å². The van der Waals surface area contributed by atoms with Gasteiger partial charge in [0.05, 0.1) is 25.4 Å². The molecule has 0 aromatic heterocycles. The summed E-state index contributed by atoms with van der Waals surface area (Å²) in [5.41, 5.74) is 6.60. The summed E-state index contributed by atoms with van der Waals surface area (Å²) >= 11 is 0. The lowest BCUT2D eigenvalue weighted by Crippen LogP contribution is -2.29. The molecule has 2 heteroatoms. The van der Waals surface area contributed by atoms with Gasteiger partial charge in [-0.15, -0.1) is 0 Å². The van der Waals surface area contributed by atoms with Crippen LogP contribution in [0, 0.1) is 0 Å². The van der Waals surface area contributed by atoms with Crippen LogP contribution in [0.25, 0.3) is 11.1 Å². The fourth-order valence-electron chi connectivity index (χ4n) is 4.33. The van der Waals surface area contributed by atoms with E-state index in [1.165, 1.54) is 22.3 Å². The molecule has 0 bridgehead atoms. The summed E-state index contributed by atoms with van der Waals surface area (Å²) in [6.07, 6.45) is 12.2. The fourth-order valence-corrected chi connectivity index (χ4v) is 4.33. The van der Waals surface area contributed by atoms with Crippen molar-refractivity contribution in [1.82, 2.24) is 0 Å². The molecular weight excluding hydrogens is 428 g/mol. The van der Waals surface area contributed by atoms with Crippen LogP contribution in [0.4, 0.5) is 0 Å². The van der Waals surface area contributed by atoms with E-state index in [0.717, 1.165) is 16.9 Å². The highest BCUT2D eigenvalue weighted by molar-refractivity contribution is 5.87. The molecule has 0 aliphatic heterocycles. The molecule has 0 atom stereocenters. The van der Waals surface area contributed by atoms with Gasteiger partial charge in [0.1, 0.15) is 5.76 Å². The zero-order chi connectivity index (χ0) is 26.4. The Labute approximate surface area is 213 Å². The molecule has 0 fully saturated rings. The minimum atomic E-state index is -0.515. The summed E-state index contributed by atoms with van der Waals surface area (Å²) in [5.74, 6) is 1.44. The van der Waals surface area contributed by atoms with Crippen LogP contribution in [0.2, 0.25) is 0 Å². The topological polar surface area (TPSA) is 18.5 Å². The van der Waals surface area contributed by atoms with Gasteiger partial charge in [0, 0.05) is 0 Å². The second-order valence-electron chi connectivity index (χ2n) is 7.40. The van der Waals surface area contributed by atoms with E-state index in [0.29, 0.717) is 5.76 Å². The number of allylic oxidation sites excluding steroid dienone is 9. The molecule has 0 spiro atoms. The minimum Gasteiger partial charge on any atom is -0.501 e. The van der Waals surface area contributed by atoms with Crippen molar-refractivity contribution in [3.05, 3.63) is 132 Å². The highest BCUT2D eigenvalue weighted by atomic mass is 16.5. The van der Waals surface area contributed by atoms with E-state index in [1.807, 2.05) is 52.8 Å². The van der Waals surface area contributed by atoms with Crippen molar-refractivity contribution in [2.75, 3.05) is 14.2 Å². The summed E-state index contributed by atoms with van der Waals surface area (Å²) < 4.78 is 10.7. The lowest BCUT2D eigenvalue weighted by atomic mass is 9.66. The predicted octanol–water partition coefficient (Wildman–Crippen LogP) is 9.33. The number of methoxy groups -OCH3 is 2. The molecular formula is C33H42O2. The molecule has 0 N–H and O–H groups in total. The van der Waals surface area contributed by atoms with Crippen molar-refractivity contribution in [2.24, 2.45) is 0 Å². The van der Waals surface area contributed by atoms with Gasteiger partial charge in [-0.25, -0.2) is 0 Å². The SMILES string of the molecule is C=C/C(=C\C=C(/C)OC)C1(C(/C=C\C(=C)OC)=C/C)c2ccccc2-c2ccccc21.CC.CC. The lowest BCUT2D eigenvalue weighted by Gasteiger charge is -2.35. The smallest absolute Gasteiger partial charge is 0.111 e. The zero-order valence-electron chi connectivity index (χ0n) is 22.8. The summed E-state index contributed by atoms with van der Waals surface area (Å²) in [6.45, 7) is 20.2. The second kappa shape index (κ2) is 14.7. The molecule has 0 heterocycles. The average molecular weight is 471 g/mol. The van der Waals surface area contributed by atoms with Gasteiger partial charge in [-0.1, -0.05) is 114 Å². The van der Waals surface area contributed by atoms with Crippen LogP contribution >= 0.6 is 0 Å². The first kappa shape index (κ1) is 29.5. The van der Waals surface area contributed by atoms with Crippen LogP contribution in [0.15, 0.2) is 121 Å². The van der Waals surface area contributed by atoms with Crippen LogP contribution in [0.1, 0.15) is 52.7 Å². The standard InChI is InChI=1S/C29H30O2.2C2H6/c1-7-23(19-17-21(3)30-5)29(24(8-2)20-18-22(4)31-6)27-15-11-9-13-25(27)26-14-10-12-16-28(26)29;2*1-2/h7-20H,1,4H2,2-3,5-6H3;2*1-2H3/b20-18-,21-17+,23-19+,24-8+;;. The zero-order valence-corrected chi connectivity index (χ0v) is 22.8. The number of benzene rings is 2. The minimum absolute atomic E-state index is 0.515. The quantitative estimate of drug-likeness (QED) is 0.283. The summed E-state index contributed by atoms with van der Waals surface area (Å²) in [5, 5.41) is 0. The van der Waals surface area contributed by atoms with Crippen LogP contribution in [-0.2, 0) is 14.9 Å². The van der Waals surface area contributed by atoms with Gasteiger partial charge in [0.25, 0.3) is 0 Å². The van der Waals surface area contributed by atoms with Crippen molar-refractivity contribution in [1.29, 1.82) is 0 Å². The maximum atomic E-state index is 5.39. The third-order valence-corrected chi connectivity index (χ3v) is 5.88. The molecule has 0 amide bonds. The van der Waals surface area contributed by atoms with Gasteiger partial charge in [-0.3, -0.25) is 0 Å². The molecule has 3 rings (SSSR count). The summed E-state index contributed by atoms with van der Waals surface area (Å²) in [4.78, 5) is 0. The average Bonchev–Trinajstić information content (AvgIpc) is 3.22. The van der Waals surface area contributed by atoms with E-state index < -0.39 is 5.41 Å². The van der Waals surface area contributed by atoms with Crippen LogP contribution in [0.5, 0.6) is 0 Å². The molecule has 0 saturated heterocycles. The van der Waals surface area contributed by atoms with Crippen molar-refractivity contribution >= 4 is 0 Å². The number of rotatable bonds is 8. The highest BCUT2D eigenvalue weighted by Crippen LogP contribution is 2.57. The normalized spacial score (nSPS) is 14.0. The molecule has 1 aliphatic rings. The van der Waals surface area contributed by atoms with Gasteiger partial charge >= 0.3 is 0 Å². The fraction of sp³-hybridized carbons (Fsp3) is 0.273. The van der Waals surface area contributed by atoms with Crippen LogP contribution in [0.3, 0.4) is 0 Å². The molecule has 35 heavy (non-hydrogen) atoms. The Morgan fingerprint density at radius 2 is 1.29 bits per heavy atom. The molecule has 0 saturated carbocycles. The van der Waals surface area contributed by atoms with E-state index in [1.54, 1.807) is 14.2 Å². The predicted molar refractivity (Wildman–Crippen MR) is 153 cm³/mol. The van der Waals surface area contributed by atoms with E-state index in [2.05, 4.69) is 86.8 Å². The Morgan fingerprint density at radius 1 is 0.771 bits per heavy atom. The Kier molecular flexibility index (Phi) is 12.4. The van der Waals surface area contributed by atoms with Gasteiger partial charge in [0.2, 0.25) is 0 Å². The first-order valence-electron chi connectivity index (χ1n) is 12.4. The van der Waals surface area contributed by atoms with Gasteiger partial charge < -0.3 is 9.47 Å². The van der Waals surface area contributed by atoms with Crippen molar-refractivity contribution < 1.29 is 9.47 Å². The molecule has 2 aromatic rings. The third-order valence-electron chi connectivity index (χ3n) is 5.88. The van der Waals surface area contributed by atoms with Gasteiger partial charge in [-0.2, -0.15) is 0 Å². The lowest BCUT2D eigenvalue weighted by molar-refractivity contribution is 0.293. The van der Waals surface area contributed by atoms with Crippen molar-refractivity contribution in [2.45, 2.75) is 47.0 Å². The highest BCUT2D eigenvalue weighted by Gasteiger charge is 2.46. The maximum Gasteiger partial charge on any atom is 0.111 e. The third kappa shape index (κ3) is 5.95. The monoisotopic (exact) mass is 470 g/mol. The number of ether oxygens (including phenoxy) is 2.